The smallest absolute Gasteiger partial charge is 0.326 e. The molecule has 1 heterocycles. The van der Waals surface area contributed by atoms with E-state index in [9.17, 15) is 29.3 Å². The van der Waals surface area contributed by atoms with E-state index in [1.165, 1.54) is 31.4 Å². The molecule has 1 aliphatic rings. The topological polar surface area (TPSA) is 145 Å². The number of amides is 3. The van der Waals surface area contributed by atoms with Crippen LogP contribution in [0.2, 0.25) is 0 Å². The summed E-state index contributed by atoms with van der Waals surface area (Å²) in [6, 6.07) is 8.69. The SMILES string of the molecule is COc1cc(NC(=O)COC(=O)CN2C(=O)c3ccccc3C2=O)c(C)cc1[N+](=O)[O-]. The number of nitrogens with zero attached hydrogens (tertiary/aromatic N) is 2. The molecule has 1 aliphatic heterocycles. The highest BCUT2D eigenvalue weighted by atomic mass is 16.6. The van der Waals surface area contributed by atoms with Crippen LogP contribution in [0.4, 0.5) is 11.4 Å². The van der Waals surface area contributed by atoms with Gasteiger partial charge in [0.1, 0.15) is 6.54 Å². The number of methoxy groups -OCH3 is 1. The maximum Gasteiger partial charge on any atom is 0.326 e. The first-order valence-electron chi connectivity index (χ1n) is 8.96. The molecule has 160 valence electrons. The number of carbonyl (C=O) groups excluding carboxylic acids is 4. The van der Waals surface area contributed by atoms with Crippen molar-refractivity contribution in [1.82, 2.24) is 4.90 Å². The molecule has 2 aromatic carbocycles. The predicted octanol–water partition coefficient (Wildman–Crippen LogP) is 1.69. The van der Waals surface area contributed by atoms with Gasteiger partial charge in [0.25, 0.3) is 17.7 Å². The summed E-state index contributed by atoms with van der Waals surface area (Å²) in [4.78, 5) is 59.8. The molecule has 0 aromatic heterocycles. The maximum atomic E-state index is 12.3. The Hall–Kier alpha value is -4.28. The zero-order chi connectivity index (χ0) is 22.7. The number of hydrogen-bond acceptors (Lipinski definition) is 8. The Kier molecular flexibility index (Phi) is 5.95. The van der Waals surface area contributed by atoms with Gasteiger partial charge in [0.05, 0.1) is 23.2 Å². The van der Waals surface area contributed by atoms with Crippen LogP contribution in [0.5, 0.6) is 5.75 Å². The van der Waals surface area contributed by atoms with Crippen LogP contribution >= 0.6 is 0 Å². The van der Waals surface area contributed by atoms with Crippen LogP contribution in [-0.2, 0) is 14.3 Å². The van der Waals surface area contributed by atoms with E-state index in [-0.39, 0.29) is 28.3 Å². The number of hydrogen-bond donors (Lipinski definition) is 1. The third-order valence-electron chi connectivity index (χ3n) is 4.53. The van der Waals surface area contributed by atoms with E-state index in [4.69, 9.17) is 9.47 Å². The Balaban J connectivity index is 1.58. The fraction of sp³-hybridized carbons (Fsp3) is 0.200. The predicted molar refractivity (Wildman–Crippen MR) is 106 cm³/mol. The molecule has 0 aliphatic carbocycles. The molecule has 0 fully saturated rings. The average Bonchev–Trinajstić information content (AvgIpc) is 2.98. The molecule has 31 heavy (non-hydrogen) atoms. The quantitative estimate of drug-likeness (QED) is 0.304. The molecule has 0 unspecified atom stereocenters. The molecule has 3 rings (SSSR count). The molecule has 0 spiro atoms. The minimum Gasteiger partial charge on any atom is -0.490 e. The lowest BCUT2D eigenvalue weighted by Gasteiger charge is -2.14. The number of benzene rings is 2. The standard InChI is InChI=1S/C20H17N3O8/c1-11-7-15(23(28)29)16(30-2)8-14(11)21-17(24)10-31-18(25)9-22-19(26)12-5-3-4-6-13(12)20(22)27/h3-8H,9-10H2,1-2H3,(H,21,24). The second-order valence-electron chi connectivity index (χ2n) is 6.55. The number of rotatable bonds is 7. The Morgan fingerprint density at radius 3 is 2.29 bits per heavy atom. The van der Waals surface area contributed by atoms with Gasteiger partial charge in [-0.15, -0.1) is 0 Å². The van der Waals surface area contributed by atoms with E-state index < -0.39 is 41.8 Å². The number of ether oxygens (including phenoxy) is 2. The van der Waals surface area contributed by atoms with Crippen molar-refractivity contribution in [2.75, 3.05) is 25.6 Å². The summed E-state index contributed by atoms with van der Waals surface area (Å²) in [7, 11) is 1.25. The van der Waals surface area contributed by atoms with Crippen LogP contribution in [0, 0.1) is 17.0 Å². The van der Waals surface area contributed by atoms with Crippen LogP contribution in [0.1, 0.15) is 26.3 Å². The van der Waals surface area contributed by atoms with Crippen LogP contribution in [-0.4, -0.2) is 53.8 Å². The van der Waals surface area contributed by atoms with Gasteiger partial charge in [-0.2, -0.15) is 0 Å². The van der Waals surface area contributed by atoms with E-state index >= 15 is 0 Å². The first-order chi connectivity index (χ1) is 14.7. The largest absolute Gasteiger partial charge is 0.490 e. The molecule has 0 atom stereocenters. The lowest BCUT2D eigenvalue weighted by Crippen LogP contribution is -2.36. The Morgan fingerprint density at radius 2 is 1.74 bits per heavy atom. The van der Waals surface area contributed by atoms with Gasteiger partial charge in [0, 0.05) is 17.8 Å². The van der Waals surface area contributed by atoms with Crippen molar-refractivity contribution in [1.29, 1.82) is 0 Å². The van der Waals surface area contributed by atoms with Crippen molar-refractivity contribution >= 4 is 35.1 Å². The summed E-state index contributed by atoms with van der Waals surface area (Å²) < 4.78 is 9.81. The fourth-order valence-electron chi connectivity index (χ4n) is 3.00. The Labute approximate surface area is 175 Å². The number of nitro groups is 1. The highest BCUT2D eigenvalue weighted by molar-refractivity contribution is 6.22. The van der Waals surface area contributed by atoms with Crippen molar-refractivity contribution in [3.8, 4) is 5.75 Å². The highest BCUT2D eigenvalue weighted by Gasteiger charge is 2.36. The summed E-state index contributed by atoms with van der Waals surface area (Å²) in [5.41, 5.74) is 0.772. The average molecular weight is 427 g/mol. The lowest BCUT2D eigenvalue weighted by atomic mass is 10.1. The first kappa shape index (κ1) is 21.4. The molecular weight excluding hydrogens is 410 g/mol. The van der Waals surface area contributed by atoms with Crippen LogP contribution in [0.25, 0.3) is 0 Å². The Morgan fingerprint density at radius 1 is 1.13 bits per heavy atom. The molecule has 0 saturated carbocycles. The normalized spacial score (nSPS) is 12.4. The van der Waals surface area contributed by atoms with Crippen LogP contribution in [0.15, 0.2) is 36.4 Å². The zero-order valence-corrected chi connectivity index (χ0v) is 16.5. The molecular formula is C20H17N3O8. The molecule has 3 amide bonds. The number of anilines is 1. The van der Waals surface area contributed by atoms with Gasteiger partial charge in [0.2, 0.25) is 0 Å². The van der Waals surface area contributed by atoms with Gasteiger partial charge in [0.15, 0.2) is 12.4 Å². The van der Waals surface area contributed by atoms with Gasteiger partial charge < -0.3 is 14.8 Å². The second-order valence-corrected chi connectivity index (χ2v) is 6.55. The monoisotopic (exact) mass is 427 g/mol. The van der Waals surface area contributed by atoms with Gasteiger partial charge >= 0.3 is 11.7 Å². The first-order valence-corrected chi connectivity index (χ1v) is 8.96. The van der Waals surface area contributed by atoms with Crippen LogP contribution < -0.4 is 10.1 Å². The number of imide groups is 1. The van der Waals surface area contributed by atoms with E-state index in [1.807, 2.05) is 0 Å². The number of nitrogens with one attached hydrogen (secondary N) is 1. The van der Waals surface area contributed by atoms with Gasteiger partial charge in [-0.1, -0.05) is 12.1 Å². The number of aryl methyl sites for hydroxylation is 1. The van der Waals surface area contributed by atoms with E-state index in [2.05, 4.69) is 5.32 Å². The lowest BCUT2D eigenvalue weighted by molar-refractivity contribution is -0.385. The number of nitro benzene ring substituents is 1. The molecule has 11 heteroatoms. The van der Waals surface area contributed by atoms with Crippen molar-refractivity contribution in [3.63, 3.8) is 0 Å². The number of esters is 1. The van der Waals surface area contributed by atoms with Gasteiger partial charge in [-0.25, -0.2) is 0 Å². The molecule has 0 bridgehead atoms. The minimum atomic E-state index is -0.942. The Bertz CT molecular complexity index is 1080. The van der Waals surface area contributed by atoms with Crippen molar-refractivity contribution in [3.05, 3.63) is 63.2 Å². The van der Waals surface area contributed by atoms with Gasteiger partial charge in [-0.05, 0) is 24.6 Å². The minimum absolute atomic E-state index is 0.0477. The third kappa shape index (κ3) is 4.34. The van der Waals surface area contributed by atoms with Crippen LogP contribution in [0.3, 0.4) is 0 Å². The number of fused-ring (bicyclic) bond motifs is 1. The molecule has 0 saturated heterocycles. The third-order valence-corrected chi connectivity index (χ3v) is 4.53. The summed E-state index contributed by atoms with van der Waals surface area (Å²) in [6.07, 6.45) is 0. The highest BCUT2D eigenvalue weighted by Crippen LogP contribution is 2.32. The molecule has 11 nitrogen and oxygen atoms in total. The summed E-state index contributed by atoms with van der Waals surface area (Å²) in [6.45, 7) is 0.237. The summed E-state index contributed by atoms with van der Waals surface area (Å²) in [5.74, 6) is -2.93. The zero-order valence-electron chi connectivity index (χ0n) is 16.5. The van der Waals surface area contributed by atoms with Crippen molar-refractivity contribution in [2.24, 2.45) is 0 Å². The second kappa shape index (κ2) is 8.61. The number of carbonyl (C=O) groups is 4. The summed E-state index contributed by atoms with van der Waals surface area (Å²) >= 11 is 0. The fourth-order valence-corrected chi connectivity index (χ4v) is 3.00. The van der Waals surface area contributed by atoms with E-state index in [1.54, 1.807) is 19.1 Å². The van der Waals surface area contributed by atoms with E-state index in [0.717, 1.165) is 4.90 Å². The van der Waals surface area contributed by atoms with Crippen molar-refractivity contribution in [2.45, 2.75) is 6.92 Å². The molecule has 1 N–H and O–H groups in total. The molecule has 0 radical (unpaired) electrons. The van der Waals surface area contributed by atoms with E-state index in [0.29, 0.717) is 5.56 Å². The van der Waals surface area contributed by atoms with Crippen molar-refractivity contribution < 1.29 is 33.6 Å². The van der Waals surface area contributed by atoms with Gasteiger partial charge in [-0.3, -0.25) is 34.2 Å². The maximum absolute atomic E-state index is 12.3. The molecule has 2 aromatic rings. The summed E-state index contributed by atoms with van der Waals surface area (Å²) in [5, 5.41) is 13.5.